The van der Waals surface area contributed by atoms with E-state index < -0.39 is 0 Å². The van der Waals surface area contributed by atoms with E-state index >= 15 is 0 Å². The summed E-state index contributed by atoms with van der Waals surface area (Å²) in [5.41, 5.74) is 3.72. The Balaban J connectivity index is 1.24. The molecule has 0 radical (unpaired) electrons. The Labute approximate surface area is 205 Å². The van der Waals surface area contributed by atoms with Crippen LogP contribution in [0.4, 0.5) is 10.1 Å². The molecule has 3 heterocycles. The highest BCUT2D eigenvalue weighted by Crippen LogP contribution is 2.33. The first kappa shape index (κ1) is 23.5. The third kappa shape index (κ3) is 5.39. The fraction of sp³-hybridized carbons (Fsp3) is 0.429. The number of anilines is 1. The van der Waals surface area contributed by atoms with Crippen LogP contribution < -0.4 is 4.90 Å². The summed E-state index contributed by atoms with van der Waals surface area (Å²) in [5, 5.41) is 10.3. The van der Waals surface area contributed by atoms with E-state index in [-0.39, 0.29) is 11.7 Å². The predicted molar refractivity (Wildman–Crippen MR) is 136 cm³/mol. The van der Waals surface area contributed by atoms with Crippen molar-refractivity contribution >= 4 is 22.5 Å². The van der Waals surface area contributed by atoms with Crippen LogP contribution in [0.15, 0.2) is 48.7 Å². The van der Waals surface area contributed by atoms with Gasteiger partial charge in [0.25, 0.3) is 0 Å². The van der Waals surface area contributed by atoms with Gasteiger partial charge in [-0.25, -0.2) is 4.39 Å². The summed E-state index contributed by atoms with van der Waals surface area (Å²) < 4.78 is 13.5. The number of piperidine rings is 1. The lowest BCUT2D eigenvalue weighted by Crippen LogP contribution is -2.45. The molecule has 1 aromatic heterocycles. The molecule has 2 saturated heterocycles. The lowest BCUT2D eigenvalue weighted by atomic mass is 9.97. The van der Waals surface area contributed by atoms with Crippen LogP contribution >= 0.6 is 0 Å². The molecule has 2 fully saturated rings. The molecule has 1 unspecified atom stereocenters. The largest absolute Gasteiger partial charge is 0.361 e. The predicted octanol–water partition coefficient (Wildman–Crippen LogP) is 4.49. The fourth-order valence-corrected chi connectivity index (χ4v) is 5.50. The number of aromatic nitrogens is 1. The minimum Gasteiger partial charge on any atom is -0.361 e. The summed E-state index contributed by atoms with van der Waals surface area (Å²) in [7, 11) is 0. The molecule has 2 aromatic carbocycles. The zero-order valence-corrected chi connectivity index (χ0v) is 20.0. The lowest BCUT2D eigenvalue weighted by molar-refractivity contribution is -0.120. The van der Waals surface area contributed by atoms with E-state index in [0.29, 0.717) is 24.6 Å². The molecule has 1 amide bonds. The molecule has 2 aliphatic rings. The summed E-state index contributed by atoms with van der Waals surface area (Å²) >= 11 is 0. The van der Waals surface area contributed by atoms with Gasteiger partial charge in [0.2, 0.25) is 5.91 Å². The normalized spacial score (nSPS) is 19.1. The lowest BCUT2D eigenvalue weighted by Gasteiger charge is -2.30. The highest BCUT2D eigenvalue weighted by Gasteiger charge is 2.27. The maximum atomic E-state index is 13.5. The SMILES string of the molecule is N#Cc1ccc2c(C3CCN(CCN(C(=O)CN4CCCCC4)c4ccc(F)cc4)C3)c[nH]c2c1. The third-order valence-electron chi connectivity index (χ3n) is 7.44. The fourth-order valence-electron chi connectivity index (χ4n) is 5.50. The van der Waals surface area contributed by atoms with Crippen molar-refractivity contribution in [3.63, 3.8) is 0 Å². The standard InChI is InChI=1S/C28H32FN5O/c29-23-5-7-24(8-6-23)34(28(35)20-32-11-2-1-3-12-32)15-14-33-13-10-22(19-33)26-18-31-27-16-21(17-30)4-9-25(26)27/h4-9,16,18,22,31H,1-3,10-15,19-20H2. The number of fused-ring (bicyclic) bond motifs is 1. The number of hydrogen-bond donors (Lipinski definition) is 1. The van der Waals surface area contributed by atoms with E-state index in [9.17, 15) is 9.18 Å². The van der Waals surface area contributed by atoms with Gasteiger partial charge >= 0.3 is 0 Å². The third-order valence-corrected chi connectivity index (χ3v) is 7.44. The Bertz CT molecular complexity index is 1210. The Morgan fingerprint density at radius 3 is 2.66 bits per heavy atom. The van der Waals surface area contributed by atoms with Crippen LogP contribution in [0.1, 0.15) is 42.7 Å². The molecule has 1 N–H and O–H groups in total. The van der Waals surface area contributed by atoms with Crippen molar-refractivity contribution in [3.8, 4) is 6.07 Å². The molecule has 0 saturated carbocycles. The van der Waals surface area contributed by atoms with Gasteiger partial charge in [-0.2, -0.15) is 5.26 Å². The van der Waals surface area contributed by atoms with E-state index in [1.54, 1.807) is 12.1 Å². The minimum absolute atomic E-state index is 0.0826. The summed E-state index contributed by atoms with van der Waals surface area (Å²) in [5.74, 6) is 0.208. The van der Waals surface area contributed by atoms with E-state index in [4.69, 9.17) is 5.26 Å². The first-order valence-corrected chi connectivity index (χ1v) is 12.6. The molecule has 3 aromatic rings. The number of hydrogen-bond acceptors (Lipinski definition) is 4. The van der Waals surface area contributed by atoms with Crippen molar-refractivity contribution < 1.29 is 9.18 Å². The number of rotatable bonds is 7. The number of amides is 1. The number of carbonyl (C=O) groups is 1. The summed E-state index contributed by atoms with van der Waals surface area (Å²) in [6, 6.07) is 14.3. The van der Waals surface area contributed by atoms with Gasteiger partial charge in [0, 0.05) is 42.4 Å². The van der Waals surface area contributed by atoms with Crippen LogP contribution in [-0.4, -0.2) is 66.5 Å². The average molecular weight is 474 g/mol. The van der Waals surface area contributed by atoms with Gasteiger partial charge in [0.1, 0.15) is 5.82 Å². The number of likely N-dealkylation sites (tertiary alicyclic amines) is 2. The van der Waals surface area contributed by atoms with Gasteiger partial charge in [0.15, 0.2) is 0 Å². The van der Waals surface area contributed by atoms with Gasteiger partial charge in [-0.3, -0.25) is 9.69 Å². The number of nitrogens with zero attached hydrogens (tertiary/aromatic N) is 4. The van der Waals surface area contributed by atoms with Crippen molar-refractivity contribution in [1.29, 1.82) is 5.26 Å². The molecule has 0 aliphatic carbocycles. The number of nitriles is 1. The van der Waals surface area contributed by atoms with Gasteiger partial charge in [-0.05, 0) is 86.8 Å². The van der Waals surface area contributed by atoms with E-state index in [0.717, 1.165) is 63.2 Å². The number of halogens is 1. The van der Waals surface area contributed by atoms with Gasteiger partial charge in [-0.15, -0.1) is 0 Å². The molecular weight excluding hydrogens is 441 g/mol. The molecule has 0 bridgehead atoms. The van der Waals surface area contributed by atoms with Crippen LogP contribution in [0.3, 0.4) is 0 Å². The highest BCUT2D eigenvalue weighted by molar-refractivity contribution is 5.94. The summed E-state index contributed by atoms with van der Waals surface area (Å²) in [6.07, 6.45) is 6.66. The zero-order chi connectivity index (χ0) is 24.2. The molecule has 6 nitrogen and oxygen atoms in total. The van der Waals surface area contributed by atoms with Crippen molar-refractivity contribution in [1.82, 2.24) is 14.8 Å². The van der Waals surface area contributed by atoms with Crippen molar-refractivity contribution in [2.24, 2.45) is 0 Å². The van der Waals surface area contributed by atoms with Gasteiger partial charge < -0.3 is 14.8 Å². The van der Waals surface area contributed by atoms with E-state index in [1.807, 2.05) is 23.1 Å². The van der Waals surface area contributed by atoms with Crippen LogP contribution in [0.25, 0.3) is 10.9 Å². The number of carbonyl (C=O) groups excluding carboxylic acids is 1. The van der Waals surface area contributed by atoms with Crippen molar-refractivity contribution in [2.45, 2.75) is 31.6 Å². The minimum atomic E-state index is -0.291. The Hall–Kier alpha value is -3.21. The number of nitrogens with one attached hydrogen (secondary N) is 1. The second kappa shape index (κ2) is 10.6. The smallest absolute Gasteiger partial charge is 0.241 e. The first-order chi connectivity index (χ1) is 17.1. The van der Waals surface area contributed by atoms with E-state index in [1.165, 1.54) is 29.5 Å². The van der Waals surface area contributed by atoms with Crippen LogP contribution in [0, 0.1) is 17.1 Å². The Kier molecular flexibility index (Phi) is 7.12. The van der Waals surface area contributed by atoms with Crippen molar-refractivity contribution in [2.75, 3.05) is 50.7 Å². The molecule has 2 aliphatic heterocycles. The molecule has 182 valence electrons. The monoisotopic (exact) mass is 473 g/mol. The quantitative estimate of drug-likeness (QED) is 0.549. The second-order valence-corrected chi connectivity index (χ2v) is 9.76. The second-order valence-electron chi connectivity index (χ2n) is 9.76. The Morgan fingerprint density at radius 1 is 1.09 bits per heavy atom. The number of aromatic amines is 1. The van der Waals surface area contributed by atoms with Crippen molar-refractivity contribution in [3.05, 3.63) is 65.6 Å². The zero-order valence-electron chi connectivity index (χ0n) is 20.0. The van der Waals surface area contributed by atoms with Gasteiger partial charge in [-0.1, -0.05) is 12.5 Å². The maximum Gasteiger partial charge on any atom is 0.241 e. The molecular formula is C28H32FN5O. The number of benzene rings is 2. The van der Waals surface area contributed by atoms with Crippen LogP contribution in [0.2, 0.25) is 0 Å². The molecule has 35 heavy (non-hydrogen) atoms. The first-order valence-electron chi connectivity index (χ1n) is 12.6. The highest BCUT2D eigenvalue weighted by atomic mass is 19.1. The topological polar surface area (TPSA) is 66.4 Å². The summed E-state index contributed by atoms with van der Waals surface area (Å²) in [4.78, 5) is 23.1. The van der Waals surface area contributed by atoms with Crippen LogP contribution in [0.5, 0.6) is 0 Å². The molecule has 1 atom stereocenters. The Morgan fingerprint density at radius 2 is 1.89 bits per heavy atom. The number of H-pyrrole nitrogens is 1. The van der Waals surface area contributed by atoms with E-state index in [2.05, 4.69) is 27.0 Å². The molecule has 7 heteroatoms. The molecule has 5 rings (SSSR count). The maximum absolute atomic E-state index is 13.5. The average Bonchev–Trinajstić information content (AvgIpc) is 3.52. The summed E-state index contributed by atoms with van der Waals surface area (Å²) in [6.45, 7) is 5.63. The van der Waals surface area contributed by atoms with Gasteiger partial charge in [0.05, 0.1) is 18.2 Å². The molecule has 0 spiro atoms. The van der Waals surface area contributed by atoms with Crippen LogP contribution in [-0.2, 0) is 4.79 Å².